The molecule has 1 aromatic rings. The van der Waals surface area contributed by atoms with Crippen LogP contribution in [0.25, 0.3) is 0 Å². The minimum atomic E-state index is -0.311. The van der Waals surface area contributed by atoms with E-state index in [0.717, 1.165) is 37.5 Å². The van der Waals surface area contributed by atoms with Crippen molar-refractivity contribution in [3.05, 3.63) is 10.6 Å². The predicted octanol–water partition coefficient (Wildman–Crippen LogP) is 2.41. The number of aromatic nitrogens is 1. The first-order valence-corrected chi connectivity index (χ1v) is 9.82. The minimum Gasteiger partial charge on any atom is -0.378 e. The van der Waals surface area contributed by atoms with E-state index in [1.165, 1.54) is 24.2 Å². The molecular weight excluding hydrogens is 340 g/mol. The number of hydrogen-bond acceptors (Lipinski definition) is 6. The molecule has 8 heteroatoms. The first kappa shape index (κ1) is 19.7. The second-order valence-electron chi connectivity index (χ2n) is 6.18. The lowest BCUT2D eigenvalue weighted by molar-refractivity contribution is -0.122. The van der Waals surface area contributed by atoms with Crippen LogP contribution in [-0.2, 0) is 9.53 Å². The van der Waals surface area contributed by atoms with E-state index in [0.29, 0.717) is 30.2 Å². The van der Waals surface area contributed by atoms with Gasteiger partial charge in [0, 0.05) is 19.5 Å². The van der Waals surface area contributed by atoms with Crippen molar-refractivity contribution in [2.45, 2.75) is 52.4 Å². The van der Waals surface area contributed by atoms with Gasteiger partial charge >= 0.3 is 0 Å². The van der Waals surface area contributed by atoms with Gasteiger partial charge in [0.2, 0.25) is 5.91 Å². The van der Waals surface area contributed by atoms with Gasteiger partial charge in [0.15, 0.2) is 5.13 Å². The van der Waals surface area contributed by atoms with Gasteiger partial charge in [0.1, 0.15) is 4.88 Å². The number of unbranched alkanes of at least 4 members (excludes halogenated alkanes) is 4. The van der Waals surface area contributed by atoms with Gasteiger partial charge in [-0.1, -0.05) is 43.9 Å². The number of morpholine rings is 1. The summed E-state index contributed by atoms with van der Waals surface area (Å²) in [6.45, 7) is 6.88. The van der Waals surface area contributed by atoms with Crippen LogP contribution in [0.4, 0.5) is 5.13 Å². The average molecular weight is 369 g/mol. The van der Waals surface area contributed by atoms with E-state index < -0.39 is 0 Å². The third kappa shape index (κ3) is 6.28. The maximum atomic E-state index is 12.3. The molecule has 0 saturated carbocycles. The van der Waals surface area contributed by atoms with Gasteiger partial charge in [-0.15, -0.1) is 0 Å². The topological polar surface area (TPSA) is 83.6 Å². The number of carbonyl (C=O) groups is 2. The molecule has 0 spiro atoms. The molecule has 1 aromatic heterocycles. The molecule has 1 fully saturated rings. The fraction of sp³-hybridized carbons (Fsp3) is 0.706. The molecule has 0 atom stereocenters. The number of thiazole rings is 1. The van der Waals surface area contributed by atoms with Crippen LogP contribution in [-0.4, -0.2) is 43.1 Å². The normalized spacial score (nSPS) is 14.4. The highest BCUT2D eigenvalue weighted by Gasteiger charge is 2.20. The molecule has 0 aliphatic carbocycles. The Kier molecular flexibility index (Phi) is 8.14. The zero-order valence-corrected chi connectivity index (χ0v) is 15.9. The number of hydrogen-bond donors (Lipinski definition) is 2. The third-order valence-corrected chi connectivity index (χ3v) is 5.31. The number of nitrogens with one attached hydrogen (secondary N) is 2. The van der Waals surface area contributed by atoms with Gasteiger partial charge < -0.3 is 9.64 Å². The average Bonchev–Trinajstić information content (AvgIpc) is 3.02. The Labute approximate surface area is 153 Å². The van der Waals surface area contributed by atoms with Crippen molar-refractivity contribution in [3.8, 4) is 0 Å². The van der Waals surface area contributed by atoms with Gasteiger partial charge in [-0.3, -0.25) is 20.4 Å². The molecule has 25 heavy (non-hydrogen) atoms. The lowest BCUT2D eigenvalue weighted by atomic mass is 10.1. The second kappa shape index (κ2) is 10.4. The summed E-state index contributed by atoms with van der Waals surface area (Å²) in [5, 5.41) is 0.827. The molecule has 1 saturated heterocycles. The Morgan fingerprint density at radius 2 is 1.88 bits per heavy atom. The van der Waals surface area contributed by atoms with E-state index in [4.69, 9.17) is 4.74 Å². The summed E-state index contributed by atoms with van der Waals surface area (Å²) in [5.41, 5.74) is 5.67. The molecular formula is C17H28N4O3S. The number of aryl methyl sites for hydroxylation is 1. The van der Waals surface area contributed by atoms with Crippen LogP contribution in [0, 0.1) is 6.92 Å². The highest BCUT2D eigenvalue weighted by atomic mass is 32.1. The molecule has 0 bridgehead atoms. The Hall–Kier alpha value is -1.67. The van der Waals surface area contributed by atoms with Gasteiger partial charge in [0.05, 0.1) is 18.9 Å². The SMILES string of the molecule is CCCCCCCC(=O)NNC(=O)c1sc(N2CCOCC2)nc1C. The zero-order valence-electron chi connectivity index (χ0n) is 15.1. The van der Waals surface area contributed by atoms with Crippen LogP contribution in [0.3, 0.4) is 0 Å². The summed E-state index contributed by atoms with van der Waals surface area (Å²) >= 11 is 1.35. The molecule has 2 N–H and O–H groups in total. The van der Waals surface area contributed by atoms with Crippen molar-refractivity contribution in [2.24, 2.45) is 0 Å². The zero-order chi connectivity index (χ0) is 18.1. The number of anilines is 1. The molecule has 0 aromatic carbocycles. The van der Waals surface area contributed by atoms with Crippen LogP contribution in [0.15, 0.2) is 0 Å². The van der Waals surface area contributed by atoms with Gasteiger partial charge in [-0.25, -0.2) is 4.98 Å². The Bertz CT molecular complexity index is 570. The fourth-order valence-corrected chi connectivity index (χ4v) is 3.63. The summed E-state index contributed by atoms with van der Waals surface area (Å²) in [6, 6.07) is 0. The van der Waals surface area contributed by atoms with Gasteiger partial charge in [-0.2, -0.15) is 0 Å². The van der Waals surface area contributed by atoms with Gasteiger partial charge in [-0.05, 0) is 13.3 Å². The Morgan fingerprint density at radius 3 is 2.60 bits per heavy atom. The maximum absolute atomic E-state index is 12.3. The number of carbonyl (C=O) groups excluding carboxylic acids is 2. The highest BCUT2D eigenvalue weighted by Crippen LogP contribution is 2.26. The number of nitrogens with zero attached hydrogens (tertiary/aromatic N) is 2. The number of amides is 2. The van der Waals surface area contributed by atoms with Gasteiger partial charge in [0.25, 0.3) is 5.91 Å². The maximum Gasteiger partial charge on any atom is 0.281 e. The van der Waals surface area contributed by atoms with Crippen LogP contribution >= 0.6 is 11.3 Å². The lowest BCUT2D eigenvalue weighted by Crippen LogP contribution is -2.41. The third-order valence-electron chi connectivity index (χ3n) is 4.10. The first-order chi connectivity index (χ1) is 12.1. The molecule has 7 nitrogen and oxygen atoms in total. The van der Waals surface area contributed by atoms with Crippen LogP contribution < -0.4 is 15.8 Å². The molecule has 140 valence electrons. The number of rotatable bonds is 8. The summed E-state index contributed by atoms with van der Waals surface area (Å²) in [6.07, 6.45) is 5.87. The molecule has 0 unspecified atom stereocenters. The van der Waals surface area contributed by atoms with Crippen molar-refractivity contribution in [1.29, 1.82) is 0 Å². The summed E-state index contributed by atoms with van der Waals surface area (Å²) in [7, 11) is 0. The quantitative estimate of drug-likeness (QED) is 0.544. The van der Waals surface area contributed by atoms with Crippen molar-refractivity contribution in [1.82, 2.24) is 15.8 Å². The molecule has 2 heterocycles. The van der Waals surface area contributed by atoms with Crippen molar-refractivity contribution < 1.29 is 14.3 Å². The Balaban J connectivity index is 1.76. The molecule has 1 aliphatic rings. The summed E-state index contributed by atoms with van der Waals surface area (Å²) in [5.74, 6) is -0.464. The van der Waals surface area contributed by atoms with E-state index >= 15 is 0 Å². The summed E-state index contributed by atoms with van der Waals surface area (Å²) < 4.78 is 5.33. The molecule has 2 rings (SSSR count). The largest absolute Gasteiger partial charge is 0.378 e. The van der Waals surface area contributed by atoms with Crippen LogP contribution in [0.5, 0.6) is 0 Å². The van der Waals surface area contributed by atoms with E-state index in [2.05, 4.69) is 27.7 Å². The summed E-state index contributed by atoms with van der Waals surface area (Å²) in [4.78, 5) is 31.2. The van der Waals surface area contributed by atoms with Crippen molar-refractivity contribution in [3.63, 3.8) is 0 Å². The minimum absolute atomic E-state index is 0.152. The number of hydrazine groups is 1. The first-order valence-electron chi connectivity index (χ1n) is 9.01. The Morgan fingerprint density at radius 1 is 1.16 bits per heavy atom. The number of ether oxygens (including phenoxy) is 1. The van der Waals surface area contributed by atoms with Crippen LogP contribution in [0.1, 0.15) is 60.8 Å². The highest BCUT2D eigenvalue weighted by molar-refractivity contribution is 7.17. The standard InChI is InChI=1S/C17H28N4O3S/c1-3-4-5-6-7-8-14(22)19-20-16(23)15-13(2)18-17(25-15)21-9-11-24-12-10-21/h3-12H2,1-2H3,(H,19,22)(H,20,23). The lowest BCUT2D eigenvalue weighted by Gasteiger charge is -2.25. The molecule has 0 radical (unpaired) electrons. The van der Waals surface area contributed by atoms with E-state index in [1.807, 2.05) is 6.92 Å². The van der Waals surface area contributed by atoms with E-state index in [-0.39, 0.29) is 11.8 Å². The fourth-order valence-electron chi connectivity index (χ4n) is 2.62. The van der Waals surface area contributed by atoms with Crippen molar-refractivity contribution >= 4 is 28.3 Å². The second-order valence-corrected chi connectivity index (χ2v) is 7.15. The monoisotopic (exact) mass is 368 g/mol. The predicted molar refractivity (Wildman–Crippen MR) is 98.9 cm³/mol. The van der Waals surface area contributed by atoms with E-state index in [9.17, 15) is 9.59 Å². The molecule has 1 aliphatic heterocycles. The smallest absolute Gasteiger partial charge is 0.281 e. The molecule has 2 amide bonds. The van der Waals surface area contributed by atoms with E-state index in [1.54, 1.807) is 0 Å². The van der Waals surface area contributed by atoms with Crippen molar-refractivity contribution in [2.75, 3.05) is 31.2 Å². The van der Waals surface area contributed by atoms with Crippen LogP contribution in [0.2, 0.25) is 0 Å².